The summed E-state index contributed by atoms with van der Waals surface area (Å²) in [5.41, 5.74) is 0.259. The van der Waals surface area contributed by atoms with E-state index in [2.05, 4.69) is 20.2 Å². The first-order valence-corrected chi connectivity index (χ1v) is 8.26. The van der Waals surface area contributed by atoms with Crippen LogP contribution in [0.25, 0.3) is 0 Å². The summed E-state index contributed by atoms with van der Waals surface area (Å²) in [4.78, 5) is 25.0. The highest BCUT2D eigenvalue weighted by molar-refractivity contribution is 6.35. The normalized spacial score (nSPS) is 20.5. The summed E-state index contributed by atoms with van der Waals surface area (Å²) < 4.78 is 0. The topological polar surface area (TPSA) is 60.8 Å². The van der Waals surface area contributed by atoms with E-state index in [0.717, 1.165) is 18.7 Å². The zero-order valence-corrected chi connectivity index (χ0v) is 14.7. The number of amides is 1. The Kier molecular flexibility index (Phi) is 4.49. The van der Waals surface area contributed by atoms with Gasteiger partial charge in [0.1, 0.15) is 5.54 Å². The minimum atomic E-state index is -0.623. The van der Waals surface area contributed by atoms with Crippen molar-refractivity contribution < 1.29 is 4.79 Å². The number of hydrogen-bond donors (Lipinski definition) is 1. The number of rotatable bonds is 2. The maximum Gasteiger partial charge on any atom is 0.254 e. The second-order valence-corrected chi connectivity index (χ2v) is 6.99. The van der Waals surface area contributed by atoms with E-state index < -0.39 is 5.54 Å². The molecule has 0 bridgehead atoms. The summed E-state index contributed by atoms with van der Waals surface area (Å²) in [5.74, 6) is 0.643. The van der Waals surface area contributed by atoms with Crippen LogP contribution < -0.4 is 5.32 Å². The highest BCUT2D eigenvalue weighted by atomic mass is 35.5. The summed E-state index contributed by atoms with van der Waals surface area (Å²) in [7, 11) is 3.75. The van der Waals surface area contributed by atoms with Crippen molar-refractivity contribution >= 4 is 35.1 Å². The van der Waals surface area contributed by atoms with Gasteiger partial charge in [-0.05, 0) is 12.8 Å². The Hall–Kier alpha value is -1.37. The highest BCUT2D eigenvalue weighted by Gasteiger charge is 2.46. The monoisotopic (exact) mass is 355 g/mol. The molecule has 2 aliphatic rings. The molecule has 1 amide bonds. The van der Waals surface area contributed by atoms with Crippen LogP contribution in [0.15, 0.2) is 17.4 Å². The maximum absolute atomic E-state index is 12.3. The van der Waals surface area contributed by atoms with Crippen molar-refractivity contribution in [1.29, 1.82) is 0 Å². The van der Waals surface area contributed by atoms with Gasteiger partial charge in [-0.2, -0.15) is 0 Å². The summed E-state index contributed by atoms with van der Waals surface area (Å²) in [6.45, 7) is 2.20. The van der Waals surface area contributed by atoms with Gasteiger partial charge in [0.15, 0.2) is 0 Å². The number of guanidine groups is 1. The van der Waals surface area contributed by atoms with Crippen LogP contribution >= 0.6 is 23.2 Å². The fraction of sp³-hybridized carbons (Fsp3) is 0.533. The molecule has 6 nitrogen and oxygen atoms in total. The molecule has 1 aromatic rings. The molecule has 1 fully saturated rings. The third kappa shape index (κ3) is 3.16. The van der Waals surface area contributed by atoms with E-state index in [1.165, 1.54) is 0 Å². The van der Waals surface area contributed by atoms with Gasteiger partial charge in [-0.15, -0.1) is 0 Å². The van der Waals surface area contributed by atoms with Crippen molar-refractivity contribution in [2.24, 2.45) is 4.99 Å². The standard InChI is InChI=1S/C15H19Cl2N5O/c1-21(2)14-19-13(23)15(20-14)3-5-22(6-4-15)9-10-11(16)7-18-8-12(10)17/h7-8H,3-6,9H2,1-2H3,(H,19,20,23). The van der Waals surface area contributed by atoms with Crippen LogP contribution in [0.1, 0.15) is 18.4 Å². The van der Waals surface area contributed by atoms with E-state index in [-0.39, 0.29) is 5.91 Å². The van der Waals surface area contributed by atoms with E-state index in [1.54, 1.807) is 12.4 Å². The van der Waals surface area contributed by atoms with Gasteiger partial charge in [-0.1, -0.05) is 23.2 Å². The number of carbonyl (C=O) groups is 1. The van der Waals surface area contributed by atoms with Gasteiger partial charge in [-0.3, -0.25) is 20.0 Å². The summed E-state index contributed by atoms with van der Waals surface area (Å²) in [5, 5.41) is 4.01. The number of carbonyl (C=O) groups excluding carboxylic acids is 1. The SMILES string of the molecule is CN(C)C1=NC2(CCN(Cc3c(Cl)cncc3Cl)CC2)C(=O)N1. The predicted octanol–water partition coefficient (Wildman–Crippen LogP) is 1.77. The number of hydrogen-bond acceptors (Lipinski definition) is 5. The van der Waals surface area contributed by atoms with E-state index in [4.69, 9.17) is 23.2 Å². The lowest BCUT2D eigenvalue weighted by Crippen LogP contribution is -2.49. The average Bonchev–Trinajstić information content (AvgIpc) is 2.83. The van der Waals surface area contributed by atoms with Gasteiger partial charge in [0.25, 0.3) is 5.91 Å². The van der Waals surface area contributed by atoms with Gasteiger partial charge >= 0.3 is 0 Å². The quantitative estimate of drug-likeness (QED) is 0.878. The largest absolute Gasteiger partial charge is 0.349 e. The smallest absolute Gasteiger partial charge is 0.254 e. The highest BCUT2D eigenvalue weighted by Crippen LogP contribution is 2.32. The Morgan fingerprint density at radius 1 is 1.26 bits per heavy atom. The number of halogens is 2. The van der Waals surface area contributed by atoms with E-state index in [1.807, 2.05) is 19.0 Å². The average molecular weight is 356 g/mol. The molecule has 3 heterocycles. The minimum absolute atomic E-state index is 0.000765. The van der Waals surface area contributed by atoms with Gasteiger partial charge in [0, 0.05) is 51.7 Å². The molecule has 8 heteroatoms. The Labute approximate surface area is 145 Å². The minimum Gasteiger partial charge on any atom is -0.349 e. The summed E-state index contributed by atoms with van der Waals surface area (Å²) in [6, 6.07) is 0. The van der Waals surface area contributed by atoms with Crippen LogP contribution in [0.2, 0.25) is 10.0 Å². The molecule has 1 aromatic heterocycles. The van der Waals surface area contributed by atoms with E-state index in [9.17, 15) is 4.79 Å². The molecule has 0 aliphatic carbocycles. The summed E-state index contributed by atoms with van der Waals surface area (Å²) in [6.07, 6.45) is 4.59. The number of nitrogens with one attached hydrogen (secondary N) is 1. The van der Waals surface area contributed by atoms with Crippen LogP contribution in [0.3, 0.4) is 0 Å². The molecule has 124 valence electrons. The van der Waals surface area contributed by atoms with Gasteiger partial charge in [0.2, 0.25) is 5.96 Å². The fourth-order valence-corrected chi connectivity index (χ4v) is 3.43. The first kappa shape index (κ1) is 16.5. The number of likely N-dealkylation sites (tertiary alicyclic amines) is 1. The molecule has 3 rings (SSSR count). The lowest BCUT2D eigenvalue weighted by atomic mass is 9.88. The third-order valence-corrected chi connectivity index (χ3v) is 5.06. The van der Waals surface area contributed by atoms with Gasteiger partial charge < -0.3 is 4.90 Å². The second kappa shape index (κ2) is 6.26. The van der Waals surface area contributed by atoms with Crippen LogP contribution in [-0.2, 0) is 11.3 Å². The first-order valence-electron chi connectivity index (χ1n) is 7.50. The molecule has 0 atom stereocenters. The van der Waals surface area contributed by atoms with Crippen molar-refractivity contribution in [2.75, 3.05) is 27.2 Å². The van der Waals surface area contributed by atoms with Crippen LogP contribution in [-0.4, -0.2) is 59.4 Å². The number of pyridine rings is 1. The molecule has 23 heavy (non-hydrogen) atoms. The zero-order chi connectivity index (χ0) is 16.6. The van der Waals surface area contributed by atoms with Gasteiger partial charge in [-0.25, -0.2) is 4.99 Å². The lowest BCUT2D eigenvalue weighted by Gasteiger charge is -2.35. The number of nitrogens with zero attached hydrogens (tertiary/aromatic N) is 4. The Bertz CT molecular complexity index is 633. The number of aliphatic imine (C=N–C) groups is 1. The zero-order valence-electron chi connectivity index (χ0n) is 13.1. The molecule has 1 spiro atoms. The maximum atomic E-state index is 12.3. The molecule has 1 N–H and O–H groups in total. The van der Waals surface area contributed by atoms with Crippen LogP contribution in [0.5, 0.6) is 0 Å². The first-order chi connectivity index (χ1) is 10.9. The van der Waals surface area contributed by atoms with Crippen molar-refractivity contribution in [3.05, 3.63) is 28.0 Å². The van der Waals surface area contributed by atoms with Crippen molar-refractivity contribution in [3.8, 4) is 0 Å². The predicted molar refractivity (Wildman–Crippen MR) is 90.8 cm³/mol. The fourth-order valence-electron chi connectivity index (χ4n) is 2.94. The Morgan fingerprint density at radius 3 is 2.39 bits per heavy atom. The molecular formula is C15H19Cl2N5O. The van der Waals surface area contributed by atoms with Crippen molar-refractivity contribution in [2.45, 2.75) is 24.9 Å². The Balaban J connectivity index is 1.68. The lowest BCUT2D eigenvalue weighted by molar-refractivity contribution is -0.125. The molecule has 0 radical (unpaired) electrons. The molecule has 1 saturated heterocycles. The number of piperidine rings is 1. The Morgan fingerprint density at radius 2 is 1.87 bits per heavy atom. The van der Waals surface area contributed by atoms with E-state index in [0.29, 0.717) is 35.4 Å². The molecule has 0 unspecified atom stereocenters. The molecule has 2 aliphatic heterocycles. The molecular weight excluding hydrogens is 337 g/mol. The van der Waals surface area contributed by atoms with Crippen LogP contribution in [0, 0.1) is 0 Å². The number of aromatic nitrogens is 1. The van der Waals surface area contributed by atoms with Crippen molar-refractivity contribution in [1.82, 2.24) is 20.1 Å². The van der Waals surface area contributed by atoms with Crippen molar-refractivity contribution in [3.63, 3.8) is 0 Å². The second-order valence-electron chi connectivity index (χ2n) is 6.17. The third-order valence-electron chi connectivity index (χ3n) is 4.41. The van der Waals surface area contributed by atoms with Crippen LogP contribution in [0.4, 0.5) is 0 Å². The summed E-state index contributed by atoms with van der Waals surface area (Å²) >= 11 is 12.4. The van der Waals surface area contributed by atoms with E-state index >= 15 is 0 Å². The molecule has 0 saturated carbocycles. The molecule has 0 aromatic carbocycles. The van der Waals surface area contributed by atoms with Gasteiger partial charge in [0.05, 0.1) is 10.0 Å².